The molecule has 0 amide bonds. The average molecular weight is 468 g/mol. The molecule has 2 atom stereocenters. The smallest absolute Gasteiger partial charge is 0.0774 e. The number of pyridine rings is 1. The maximum absolute atomic E-state index is 6.79. The minimum atomic E-state index is -0.113. The van der Waals surface area contributed by atoms with E-state index in [0.717, 1.165) is 24.0 Å². The average Bonchev–Trinajstić information content (AvgIpc) is 3.07. The summed E-state index contributed by atoms with van der Waals surface area (Å²) in [6.45, 7) is 16.1. The Kier molecular flexibility index (Phi) is 9.47. The Morgan fingerprint density at radius 2 is 1.79 bits per heavy atom. The van der Waals surface area contributed by atoms with Crippen LogP contribution in [0.1, 0.15) is 92.9 Å². The van der Waals surface area contributed by atoms with Gasteiger partial charge in [-0.15, -0.1) is 0 Å². The van der Waals surface area contributed by atoms with E-state index in [2.05, 4.69) is 73.4 Å². The first-order valence-electron chi connectivity index (χ1n) is 11.7. The number of hydrogen-bond acceptors (Lipinski definition) is 3. The Labute approximate surface area is 188 Å². The van der Waals surface area contributed by atoms with Gasteiger partial charge in [-0.2, -0.15) is 0 Å². The summed E-state index contributed by atoms with van der Waals surface area (Å²) in [4.78, 5) is 6.72. The highest BCUT2D eigenvalue weighted by Gasteiger charge is 2.41. The van der Waals surface area contributed by atoms with Gasteiger partial charge in [-0.1, -0.05) is 66.2 Å². The highest BCUT2D eigenvalue weighted by atomic mass is 79.9. The van der Waals surface area contributed by atoms with Crippen LogP contribution in [0, 0.1) is 11.3 Å². The van der Waals surface area contributed by atoms with Gasteiger partial charge in [-0.25, -0.2) is 0 Å². The zero-order valence-corrected chi connectivity index (χ0v) is 21.2. The lowest BCUT2D eigenvalue weighted by Crippen LogP contribution is -2.45. The first-order chi connectivity index (χ1) is 13.6. The second-order valence-electron chi connectivity index (χ2n) is 10.4. The number of rotatable bonds is 11. The number of aromatic nitrogens is 1. The van der Waals surface area contributed by atoms with Crippen LogP contribution in [0.5, 0.6) is 0 Å². The van der Waals surface area contributed by atoms with Crippen LogP contribution < -0.4 is 4.90 Å². The predicted octanol–water partition coefficient (Wildman–Crippen LogP) is 7.63. The molecular formula is C25H43BrN2O. The summed E-state index contributed by atoms with van der Waals surface area (Å²) in [6, 6.07) is 2.15. The Bertz CT molecular complexity index is 611. The number of nitrogens with zero attached hydrogens (tertiary/aromatic N) is 2. The second-order valence-corrected chi connectivity index (χ2v) is 11.3. The van der Waals surface area contributed by atoms with Crippen LogP contribution in [0.4, 0.5) is 5.69 Å². The van der Waals surface area contributed by atoms with Crippen molar-refractivity contribution in [1.29, 1.82) is 0 Å². The Morgan fingerprint density at radius 1 is 1.10 bits per heavy atom. The van der Waals surface area contributed by atoms with Crippen LogP contribution in [0.25, 0.3) is 0 Å². The van der Waals surface area contributed by atoms with Crippen LogP contribution in [-0.4, -0.2) is 29.8 Å². The molecule has 1 aromatic rings. The molecule has 0 spiro atoms. The fraction of sp³-hybridized carbons (Fsp3) is 0.800. The van der Waals surface area contributed by atoms with Crippen LogP contribution in [0.15, 0.2) is 22.9 Å². The van der Waals surface area contributed by atoms with E-state index in [9.17, 15) is 0 Å². The zero-order chi connectivity index (χ0) is 21.5. The number of halogens is 1. The highest BCUT2D eigenvalue weighted by Crippen LogP contribution is 2.42. The third-order valence-electron chi connectivity index (χ3n) is 6.40. The minimum Gasteiger partial charge on any atom is -0.370 e. The van der Waals surface area contributed by atoms with E-state index in [1.165, 1.54) is 50.6 Å². The van der Waals surface area contributed by atoms with Crippen LogP contribution >= 0.6 is 15.9 Å². The first kappa shape index (κ1) is 24.7. The molecule has 2 rings (SSSR count). The first-order valence-corrected chi connectivity index (χ1v) is 12.5. The van der Waals surface area contributed by atoms with Crippen molar-refractivity contribution >= 4 is 21.6 Å². The van der Waals surface area contributed by atoms with Crippen molar-refractivity contribution < 1.29 is 4.74 Å². The summed E-state index contributed by atoms with van der Waals surface area (Å²) >= 11 is 3.54. The monoisotopic (exact) mass is 466 g/mol. The molecule has 2 heterocycles. The lowest BCUT2D eigenvalue weighted by molar-refractivity contribution is -0.125. The summed E-state index contributed by atoms with van der Waals surface area (Å²) in [5.41, 5.74) is 1.32. The quantitative estimate of drug-likeness (QED) is 0.313. The molecule has 1 fully saturated rings. The number of anilines is 1. The molecule has 0 bridgehead atoms. The SMILES string of the molecule is CCCCCCCCC(C(C)(C)C)C(C)(C)O[C@@H]1CCN(c2cncc(Br)c2)C1. The van der Waals surface area contributed by atoms with Crippen LogP contribution in [-0.2, 0) is 4.74 Å². The van der Waals surface area contributed by atoms with Gasteiger partial charge in [0.2, 0.25) is 0 Å². The molecule has 1 aliphatic heterocycles. The van der Waals surface area contributed by atoms with Gasteiger partial charge >= 0.3 is 0 Å². The van der Waals surface area contributed by atoms with Crippen molar-refractivity contribution in [1.82, 2.24) is 4.98 Å². The largest absolute Gasteiger partial charge is 0.370 e. The Balaban J connectivity index is 1.91. The fourth-order valence-corrected chi connectivity index (χ4v) is 5.45. The molecule has 0 aromatic carbocycles. The van der Waals surface area contributed by atoms with Crippen molar-refractivity contribution in [2.24, 2.45) is 11.3 Å². The lowest BCUT2D eigenvalue weighted by Gasteiger charge is -2.44. The molecule has 1 unspecified atom stereocenters. The van der Waals surface area contributed by atoms with Gasteiger partial charge in [0.1, 0.15) is 0 Å². The molecule has 0 N–H and O–H groups in total. The van der Waals surface area contributed by atoms with Crippen molar-refractivity contribution in [3.63, 3.8) is 0 Å². The summed E-state index contributed by atoms with van der Waals surface area (Å²) in [5.74, 6) is 0.558. The van der Waals surface area contributed by atoms with Crippen molar-refractivity contribution in [3.05, 3.63) is 22.9 Å². The van der Waals surface area contributed by atoms with Gasteiger partial charge in [0.15, 0.2) is 0 Å². The molecule has 1 saturated heterocycles. The summed E-state index contributed by atoms with van der Waals surface area (Å²) in [7, 11) is 0. The van der Waals surface area contributed by atoms with E-state index >= 15 is 0 Å². The van der Waals surface area contributed by atoms with E-state index in [1.807, 2.05) is 12.4 Å². The van der Waals surface area contributed by atoms with Gasteiger partial charge in [-0.3, -0.25) is 4.98 Å². The Hall–Kier alpha value is -0.610. The zero-order valence-electron chi connectivity index (χ0n) is 19.6. The molecule has 0 aliphatic carbocycles. The van der Waals surface area contributed by atoms with E-state index in [-0.39, 0.29) is 11.0 Å². The van der Waals surface area contributed by atoms with Crippen molar-refractivity contribution in [2.45, 2.75) is 105 Å². The number of hydrogen-bond donors (Lipinski definition) is 0. The van der Waals surface area contributed by atoms with Gasteiger partial charge in [0, 0.05) is 23.8 Å². The van der Waals surface area contributed by atoms with E-state index < -0.39 is 0 Å². The van der Waals surface area contributed by atoms with Crippen molar-refractivity contribution in [3.8, 4) is 0 Å². The van der Waals surface area contributed by atoms with Crippen molar-refractivity contribution in [2.75, 3.05) is 18.0 Å². The maximum atomic E-state index is 6.79. The third kappa shape index (κ3) is 7.86. The summed E-state index contributed by atoms with van der Waals surface area (Å²) in [6.07, 6.45) is 14.6. The topological polar surface area (TPSA) is 25.4 Å². The molecule has 3 nitrogen and oxygen atoms in total. The molecule has 0 saturated carbocycles. The molecule has 29 heavy (non-hydrogen) atoms. The lowest BCUT2D eigenvalue weighted by atomic mass is 9.69. The normalized spacial score (nSPS) is 19.0. The molecular weight excluding hydrogens is 424 g/mol. The number of unbranched alkanes of at least 4 members (excludes halogenated alkanes) is 5. The van der Waals surface area contributed by atoms with Gasteiger partial charge in [0.05, 0.1) is 23.6 Å². The molecule has 4 heteroatoms. The standard InChI is InChI=1S/C25H43BrN2O/c1-7-8-9-10-11-12-13-23(24(2,3)4)25(5,6)29-22-14-15-28(19-22)21-16-20(26)17-27-18-21/h16-18,22-23H,7-15,19H2,1-6H3/t22-,23?/m1/s1. The van der Waals surface area contributed by atoms with Gasteiger partial charge in [0.25, 0.3) is 0 Å². The fourth-order valence-electron chi connectivity index (χ4n) is 5.10. The summed E-state index contributed by atoms with van der Waals surface area (Å²) < 4.78 is 7.82. The Morgan fingerprint density at radius 3 is 2.45 bits per heavy atom. The highest BCUT2D eigenvalue weighted by molar-refractivity contribution is 9.10. The summed E-state index contributed by atoms with van der Waals surface area (Å²) in [5, 5.41) is 0. The minimum absolute atomic E-state index is 0.113. The second kappa shape index (κ2) is 11.1. The number of ether oxygens (including phenoxy) is 1. The predicted molar refractivity (Wildman–Crippen MR) is 129 cm³/mol. The molecule has 1 aromatic heterocycles. The van der Waals surface area contributed by atoms with Gasteiger partial charge < -0.3 is 9.64 Å². The molecule has 166 valence electrons. The van der Waals surface area contributed by atoms with Crippen LogP contribution in [0.2, 0.25) is 0 Å². The maximum Gasteiger partial charge on any atom is 0.0774 e. The van der Waals surface area contributed by atoms with E-state index in [0.29, 0.717) is 12.0 Å². The van der Waals surface area contributed by atoms with Crippen LogP contribution in [0.3, 0.4) is 0 Å². The van der Waals surface area contributed by atoms with E-state index in [4.69, 9.17) is 4.74 Å². The third-order valence-corrected chi connectivity index (χ3v) is 6.84. The molecule has 1 aliphatic rings. The van der Waals surface area contributed by atoms with E-state index in [1.54, 1.807) is 0 Å². The molecule has 0 radical (unpaired) electrons. The van der Waals surface area contributed by atoms with Gasteiger partial charge in [-0.05, 0) is 60.0 Å².